The Bertz CT molecular complexity index is 346. The first-order valence-corrected chi connectivity index (χ1v) is 4.83. The maximum Gasteiger partial charge on any atom is 0.488 e. The molecule has 1 aliphatic rings. The summed E-state index contributed by atoms with van der Waals surface area (Å²) in [7, 11) is 0.720. The van der Waals surface area contributed by atoms with Gasteiger partial charge >= 0.3 is 7.12 Å². The molecule has 1 aliphatic heterocycles. The number of nitrogens with zero attached hydrogens (tertiary/aromatic N) is 1. The van der Waals surface area contributed by atoms with Crippen molar-refractivity contribution in [3.63, 3.8) is 0 Å². The first-order valence-electron chi connectivity index (χ1n) is 4.83. The molecule has 2 N–H and O–H groups in total. The van der Waals surface area contributed by atoms with Crippen molar-refractivity contribution in [1.29, 1.82) is 0 Å². The van der Waals surface area contributed by atoms with Gasteiger partial charge < -0.3 is 14.9 Å². The molecule has 0 unspecified atom stereocenters. The van der Waals surface area contributed by atoms with E-state index >= 15 is 0 Å². The van der Waals surface area contributed by atoms with Crippen molar-refractivity contribution in [3.05, 3.63) is 29.3 Å². The lowest BCUT2D eigenvalue weighted by molar-refractivity contribution is 0.313. The summed E-state index contributed by atoms with van der Waals surface area (Å²) in [5.74, 6) is 0. The van der Waals surface area contributed by atoms with Crippen LogP contribution in [0, 0.1) is 0 Å². The Balaban J connectivity index is 0.00000112. The van der Waals surface area contributed by atoms with Crippen LogP contribution in [0.2, 0.25) is 0 Å². The van der Waals surface area contributed by atoms with Gasteiger partial charge in [0.1, 0.15) is 0 Å². The third-order valence-electron chi connectivity index (χ3n) is 2.73. The second-order valence-electron chi connectivity index (χ2n) is 3.89. The van der Waals surface area contributed by atoms with Gasteiger partial charge in [0, 0.05) is 13.1 Å². The van der Waals surface area contributed by atoms with Crippen molar-refractivity contribution in [1.82, 2.24) is 4.90 Å². The molecule has 5 heteroatoms. The molecule has 1 heterocycles. The minimum atomic E-state index is -1.35. The van der Waals surface area contributed by atoms with Crippen LogP contribution in [-0.2, 0) is 13.0 Å². The molecule has 0 radical (unpaired) electrons. The van der Waals surface area contributed by atoms with Gasteiger partial charge in [-0.15, -0.1) is 12.4 Å². The second-order valence-corrected chi connectivity index (χ2v) is 3.89. The molecule has 0 saturated heterocycles. The predicted molar refractivity (Wildman–Crippen MR) is 63.6 cm³/mol. The maximum atomic E-state index is 9.03. The van der Waals surface area contributed by atoms with E-state index in [1.807, 2.05) is 12.1 Å². The van der Waals surface area contributed by atoms with E-state index in [9.17, 15) is 0 Å². The quantitative estimate of drug-likeness (QED) is 0.652. The van der Waals surface area contributed by atoms with Crippen LogP contribution in [-0.4, -0.2) is 35.7 Å². The van der Waals surface area contributed by atoms with Crippen LogP contribution in [0.4, 0.5) is 0 Å². The molecule has 15 heavy (non-hydrogen) atoms. The van der Waals surface area contributed by atoms with Crippen molar-refractivity contribution < 1.29 is 10.0 Å². The van der Waals surface area contributed by atoms with Gasteiger partial charge in [0.05, 0.1) is 0 Å². The number of fused-ring (bicyclic) bond motifs is 1. The van der Waals surface area contributed by atoms with E-state index in [1.165, 1.54) is 11.1 Å². The van der Waals surface area contributed by atoms with Gasteiger partial charge in [-0.05, 0) is 30.1 Å². The zero-order valence-corrected chi connectivity index (χ0v) is 9.50. The molecule has 0 aromatic heterocycles. The normalized spacial score (nSPS) is 15.4. The topological polar surface area (TPSA) is 43.7 Å². The molecule has 0 saturated carbocycles. The number of likely N-dealkylation sites (N-methyl/N-ethyl adjacent to an activating group) is 1. The first-order chi connectivity index (χ1) is 6.66. The summed E-state index contributed by atoms with van der Waals surface area (Å²) in [5, 5.41) is 18.1. The molecule has 1 aromatic rings. The molecule has 0 atom stereocenters. The molecule has 1 aromatic carbocycles. The molecular formula is C10H15BClNO2. The fourth-order valence-corrected chi connectivity index (χ4v) is 1.88. The lowest BCUT2D eigenvalue weighted by atomic mass is 9.78. The summed E-state index contributed by atoms with van der Waals surface area (Å²) in [6.45, 7) is 1.98. The first kappa shape index (κ1) is 12.5. The van der Waals surface area contributed by atoms with Crippen molar-refractivity contribution >= 4 is 25.0 Å². The summed E-state index contributed by atoms with van der Waals surface area (Å²) in [4.78, 5) is 2.23. The zero-order valence-electron chi connectivity index (χ0n) is 8.68. The highest BCUT2D eigenvalue weighted by Crippen LogP contribution is 2.16. The number of benzene rings is 1. The van der Waals surface area contributed by atoms with E-state index in [-0.39, 0.29) is 12.4 Å². The van der Waals surface area contributed by atoms with Gasteiger partial charge in [-0.2, -0.15) is 0 Å². The fraction of sp³-hybridized carbons (Fsp3) is 0.400. The monoisotopic (exact) mass is 227 g/mol. The maximum absolute atomic E-state index is 9.03. The Hall–Kier alpha value is -0.545. The third-order valence-corrected chi connectivity index (χ3v) is 2.73. The highest BCUT2D eigenvalue weighted by atomic mass is 35.5. The Morgan fingerprint density at radius 3 is 2.67 bits per heavy atom. The molecule has 0 fully saturated rings. The molecule has 0 aliphatic carbocycles. The van der Waals surface area contributed by atoms with E-state index in [4.69, 9.17) is 10.0 Å². The summed E-state index contributed by atoms with van der Waals surface area (Å²) in [6, 6.07) is 5.67. The SMILES string of the molecule is CN1CCc2ccc(B(O)O)cc2C1.Cl. The number of halogens is 1. The van der Waals surface area contributed by atoms with Crippen LogP contribution < -0.4 is 5.46 Å². The van der Waals surface area contributed by atoms with Crippen molar-refractivity contribution in [2.75, 3.05) is 13.6 Å². The molecule has 0 bridgehead atoms. The van der Waals surface area contributed by atoms with Gasteiger partial charge in [-0.1, -0.05) is 18.2 Å². The standard InChI is InChI=1S/C10H14BNO2.ClH/c1-12-5-4-8-2-3-10(11(13)14)6-9(8)7-12;/h2-3,6,13-14H,4-5,7H2,1H3;1H. The number of rotatable bonds is 1. The third kappa shape index (κ3) is 2.72. The minimum absolute atomic E-state index is 0. The van der Waals surface area contributed by atoms with Crippen LogP contribution in [0.25, 0.3) is 0 Å². The summed E-state index contributed by atoms with van der Waals surface area (Å²) in [5.41, 5.74) is 3.12. The summed E-state index contributed by atoms with van der Waals surface area (Å²) >= 11 is 0. The van der Waals surface area contributed by atoms with Gasteiger partial charge in [0.2, 0.25) is 0 Å². The van der Waals surface area contributed by atoms with Gasteiger partial charge in [0.15, 0.2) is 0 Å². The zero-order chi connectivity index (χ0) is 10.1. The van der Waals surface area contributed by atoms with Crippen LogP contribution in [0.5, 0.6) is 0 Å². The van der Waals surface area contributed by atoms with Crippen molar-refractivity contribution in [2.45, 2.75) is 13.0 Å². The molecule has 3 nitrogen and oxygen atoms in total. The van der Waals surface area contributed by atoms with Crippen LogP contribution in [0.1, 0.15) is 11.1 Å². The lowest BCUT2D eigenvalue weighted by Gasteiger charge is -2.25. The number of hydrogen-bond donors (Lipinski definition) is 2. The van der Waals surface area contributed by atoms with E-state index in [0.29, 0.717) is 5.46 Å². The summed E-state index contributed by atoms with van der Waals surface area (Å²) in [6.07, 6.45) is 1.05. The smallest absolute Gasteiger partial charge is 0.423 e. The number of hydrogen-bond acceptors (Lipinski definition) is 3. The Labute approximate surface area is 96.3 Å². The highest BCUT2D eigenvalue weighted by molar-refractivity contribution is 6.58. The second kappa shape index (κ2) is 4.99. The van der Waals surface area contributed by atoms with Crippen LogP contribution in [0.3, 0.4) is 0 Å². The van der Waals surface area contributed by atoms with Gasteiger partial charge in [-0.3, -0.25) is 0 Å². The minimum Gasteiger partial charge on any atom is -0.423 e. The predicted octanol–water partition coefficient (Wildman–Crippen LogP) is -0.224. The summed E-state index contributed by atoms with van der Waals surface area (Å²) < 4.78 is 0. The highest BCUT2D eigenvalue weighted by Gasteiger charge is 2.17. The Morgan fingerprint density at radius 1 is 1.27 bits per heavy atom. The average molecular weight is 228 g/mol. The van der Waals surface area contributed by atoms with E-state index in [0.717, 1.165) is 19.5 Å². The van der Waals surface area contributed by atoms with Crippen LogP contribution >= 0.6 is 12.4 Å². The molecular weight excluding hydrogens is 212 g/mol. The van der Waals surface area contributed by atoms with E-state index in [1.54, 1.807) is 6.07 Å². The lowest BCUT2D eigenvalue weighted by Crippen LogP contribution is -2.33. The molecule has 0 spiro atoms. The Morgan fingerprint density at radius 2 is 2.00 bits per heavy atom. The van der Waals surface area contributed by atoms with E-state index < -0.39 is 7.12 Å². The molecule has 82 valence electrons. The average Bonchev–Trinajstić information content (AvgIpc) is 2.16. The van der Waals surface area contributed by atoms with Crippen molar-refractivity contribution in [3.8, 4) is 0 Å². The van der Waals surface area contributed by atoms with Crippen molar-refractivity contribution in [2.24, 2.45) is 0 Å². The largest absolute Gasteiger partial charge is 0.488 e. The van der Waals surface area contributed by atoms with Gasteiger partial charge in [0.25, 0.3) is 0 Å². The van der Waals surface area contributed by atoms with Crippen LogP contribution in [0.15, 0.2) is 18.2 Å². The Kier molecular flexibility index (Phi) is 4.17. The molecule has 0 amide bonds. The van der Waals surface area contributed by atoms with E-state index in [2.05, 4.69) is 11.9 Å². The molecule has 2 rings (SSSR count). The van der Waals surface area contributed by atoms with Gasteiger partial charge in [-0.25, -0.2) is 0 Å². The fourth-order valence-electron chi connectivity index (χ4n) is 1.88.